The molecule has 4 aromatic rings. The van der Waals surface area contributed by atoms with Crippen LogP contribution in [0.3, 0.4) is 0 Å². The summed E-state index contributed by atoms with van der Waals surface area (Å²) in [5, 5.41) is 6.61. The van der Waals surface area contributed by atoms with Gasteiger partial charge in [-0.25, -0.2) is 0 Å². The molecule has 134 valence electrons. The maximum absolute atomic E-state index is 6.00. The molecule has 3 heteroatoms. The first-order valence-corrected chi connectivity index (χ1v) is 9.33. The summed E-state index contributed by atoms with van der Waals surface area (Å²) in [5.74, 6) is 0.873. The second kappa shape index (κ2) is 8.15. The molecule has 27 heavy (non-hydrogen) atoms. The Hall–Kier alpha value is -2.97. The molecule has 0 aromatic heterocycles. The molecular formula is C24H20ClNO. The largest absolute Gasteiger partial charge is 0.489 e. The monoisotopic (exact) mass is 373 g/mol. The Morgan fingerprint density at radius 2 is 1.48 bits per heavy atom. The molecule has 0 aliphatic rings. The van der Waals surface area contributed by atoms with Crippen LogP contribution in [0, 0.1) is 0 Å². The lowest BCUT2D eigenvalue weighted by Gasteiger charge is -2.10. The zero-order valence-corrected chi connectivity index (χ0v) is 15.6. The van der Waals surface area contributed by atoms with Crippen molar-refractivity contribution in [1.29, 1.82) is 0 Å². The van der Waals surface area contributed by atoms with Crippen LogP contribution in [0.25, 0.3) is 10.8 Å². The molecule has 0 aliphatic carbocycles. The van der Waals surface area contributed by atoms with Crippen LogP contribution in [0.2, 0.25) is 5.02 Å². The number of hydrogen-bond acceptors (Lipinski definition) is 2. The number of fused-ring (bicyclic) bond motifs is 1. The lowest BCUT2D eigenvalue weighted by Crippen LogP contribution is -2.00. The van der Waals surface area contributed by atoms with Crippen molar-refractivity contribution in [2.75, 3.05) is 5.32 Å². The fourth-order valence-corrected chi connectivity index (χ4v) is 3.18. The van der Waals surface area contributed by atoms with E-state index in [1.54, 1.807) is 0 Å². The molecule has 0 spiro atoms. The molecule has 0 saturated carbocycles. The minimum atomic E-state index is 0.559. The Balaban J connectivity index is 1.37. The van der Waals surface area contributed by atoms with Gasteiger partial charge in [-0.05, 0) is 58.3 Å². The van der Waals surface area contributed by atoms with Gasteiger partial charge in [-0.2, -0.15) is 0 Å². The van der Waals surface area contributed by atoms with Crippen LogP contribution in [0.4, 0.5) is 5.69 Å². The first kappa shape index (κ1) is 17.4. The maximum Gasteiger partial charge on any atom is 0.119 e. The number of halogens is 1. The van der Waals surface area contributed by atoms with Crippen molar-refractivity contribution >= 4 is 28.1 Å². The van der Waals surface area contributed by atoms with Crippen LogP contribution < -0.4 is 10.1 Å². The fraction of sp³-hybridized carbons (Fsp3) is 0.0833. The highest BCUT2D eigenvalue weighted by molar-refractivity contribution is 6.30. The van der Waals surface area contributed by atoms with Crippen LogP contribution >= 0.6 is 11.6 Å². The average Bonchev–Trinajstić information content (AvgIpc) is 2.72. The molecule has 0 aliphatic heterocycles. The summed E-state index contributed by atoms with van der Waals surface area (Å²) in [4.78, 5) is 0. The summed E-state index contributed by atoms with van der Waals surface area (Å²) in [7, 11) is 0. The predicted molar refractivity (Wildman–Crippen MR) is 114 cm³/mol. The quantitative estimate of drug-likeness (QED) is 0.406. The third kappa shape index (κ3) is 4.42. The van der Waals surface area contributed by atoms with Gasteiger partial charge >= 0.3 is 0 Å². The van der Waals surface area contributed by atoms with Gasteiger partial charge in [0.1, 0.15) is 12.4 Å². The van der Waals surface area contributed by atoms with Crippen molar-refractivity contribution in [3.8, 4) is 5.75 Å². The number of nitrogens with one attached hydrogen (secondary N) is 1. The standard InChI is InChI=1S/C24H20ClNO/c25-21-10-12-22(13-11-21)26-16-18-8-14-23(15-9-18)27-17-20-6-3-5-19-4-1-2-7-24(19)20/h1-15,26H,16-17H2. The first-order valence-electron chi connectivity index (χ1n) is 8.96. The van der Waals surface area contributed by atoms with E-state index >= 15 is 0 Å². The average molecular weight is 374 g/mol. The normalized spacial score (nSPS) is 10.7. The van der Waals surface area contributed by atoms with Crippen LogP contribution in [-0.2, 0) is 13.2 Å². The van der Waals surface area contributed by atoms with Crippen molar-refractivity contribution in [3.63, 3.8) is 0 Å². The van der Waals surface area contributed by atoms with Crippen molar-refractivity contribution in [1.82, 2.24) is 0 Å². The van der Waals surface area contributed by atoms with E-state index in [1.807, 2.05) is 36.4 Å². The van der Waals surface area contributed by atoms with Crippen LogP contribution in [0.1, 0.15) is 11.1 Å². The molecule has 0 saturated heterocycles. The maximum atomic E-state index is 6.00. The van der Waals surface area contributed by atoms with Gasteiger partial charge in [-0.15, -0.1) is 0 Å². The van der Waals surface area contributed by atoms with Gasteiger partial charge in [0.05, 0.1) is 0 Å². The van der Waals surface area contributed by atoms with E-state index in [0.29, 0.717) is 6.61 Å². The number of anilines is 1. The number of rotatable bonds is 6. The molecule has 0 amide bonds. The number of benzene rings is 4. The minimum Gasteiger partial charge on any atom is -0.489 e. The topological polar surface area (TPSA) is 21.3 Å². The van der Waals surface area contributed by atoms with Gasteiger partial charge in [0.15, 0.2) is 0 Å². The van der Waals surface area contributed by atoms with Crippen LogP contribution in [0.15, 0.2) is 91.0 Å². The highest BCUT2D eigenvalue weighted by Crippen LogP contribution is 2.21. The Bertz CT molecular complexity index is 1020. The molecule has 0 radical (unpaired) electrons. The number of hydrogen-bond donors (Lipinski definition) is 1. The third-order valence-corrected chi connectivity index (χ3v) is 4.79. The molecule has 1 N–H and O–H groups in total. The first-order chi connectivity index (χ1) is 13.3. The second-order valence-electron chi connectivity index (χ2n) is 6.43. The zero-order valence-electron chi connectivity index (χ0n) is 14.9. The van der Waals surface area contributed by atoms with Crippen LogP contribution in [0.5, 0.6) is 5.75 Å². The molecule has 0 fully saturated rings. The molecule has 0 bridgehead atoms. The van der Waals surface area contributed by atoms with Gasteiger partial charge < -0.3 is 10.1 Å². The van der Waals surface area contributed by atoms with Gasteiger partial charge in [-0.3, -0.25) is 0 Å². The highest BCUT2D eigenvalue weighted by Gasteiger charge is 2.02. The summed E-state index contributed by atoms with van der Waals surface area (Å²) in [6, 6.07) is 30.6. The second-order valence-corrected chi connectivity index (χ2v) is 6.87. The SMILES string of the molecule is Clc1ccc(NCc2ccc(OCc3cccc4ccccc34)cc2)cc1. The van der Waals surface area contributed by atoms with Crippen molar-refractivity contribution in [3.05, 3.63) is 107 Å². The molecule has 0 atom stereocenters. The molecular weight excluding hydrogens is 354 g/mol. The Labute approximate surface area is 164 Å². The predicted octanol–water partition coefficient (Wildman–Crippen LogP) is 6.68. The van der Waals surface area contributed by atoms with Crippen molar-refractivity contribution in [2.45, 2.75) is 13.2 Å². The fourth-order valence-electron chi connectivity index (χ4n) is 3.05. The van der Waals surface area contributed by atoms with E-state index in [0.717, 1.165) is 23.0 Å². The van der Waals surface area contributed by atoms with Gasteiger partial charge in [0.25, 0.3) is 0 Å². The summed E-state index contributed by atoms with van der Waals surface area (Å²) < 4.78 is 6.00. The molecule has 2 nitrogen and oxygen atoms in total. The Morgan fingerprint density at radius 1 is 0.741 bits per heavy atom. The molecule has 4 aromatic carbocycles. The summed E-state index contributed by atoms with van der Waals surface area (Å²) in [5.41, 5.74) is 3.44. The van der Waals surface area contributed by atoms with Gasteiger partial charge in [0.2, 0.25) is 0 Å². The third-order valence-electron chi connectivity index (χ3n) is 4.54. The summed E-state index contributed by atoms with van der Waals surface area (Å²) in [6.45, 7) is 1.31. The summed E-state index contributed by atoms with van der Waals surface area (Å²) in [6.07, 6.45) is 0. The minimum absolute atomic E-state index is 0.559. The van der Waals surface area contributed by atoms with E-state index < -0.39 is 0 Å². The van der Waals surface area contributed by atoms with E-state index in [9.17, 15) is 0 Å². The molecule has 4 rings (SSSR count). The van der Waals surface area contributed by atoms with E-state index in [2.05, 4.69) is 59.9 Å². The smallest absolute Gasteiger partial charge is 0.119 e. The van der Waals surface area contributed by atoms with E-state index in [-0.39, 0.29) is 0 Å². The van der Waals surface area contributed by atoms with E-state index in [1.165, 1.54) is 21.9 Å². The lowest BCUT2D eigenvalue weighted by atomic mass is 10.1. The highest BCUT2D eigenvalue weighted by atomic mass is 35.5. The summed E-state index contributed by atoms with van der Waals surface area (Å²) >= 11 is 5.91. The number of ether oxygens (including phenoxy) is 1. The van der Waals surface area contributed by atoms with Gasteiger partial charge in [0, 0.05) is 17.3 Å². The van der Waals surface area contributed by atoms with Crippen LogP contribution in [-0.4, -0.2) is 0 Å². The van der Waals surface area contributed by atoms with Crippen molar-refractivity contribution < 1.29 is 4.74 Å². The molecule has 0 unspecified atom stereocenters. The molecule has 0 heterocycles. The van der Waals surface area contributed by atoms with Gasteiger partial charge in [-0.1, -0.05) is 66.2 Å². The Morgan fingerprint density at radius 3 is 2.30 bits per heavy atom. The lowest BCUT2D eigenvalue weighted by molar-refractivity contribution is 0.307. The zero-order chi connectivity index (χ0) is 18.5. The van der Waals surface area contributed by atoms with Crippen molar-refractivity contribution in [2.24, 2.45) is 0 Å². The Kier molecular flexibility index (Phi) is 5.27. The van der Waals surface area contributed by atoms with E-state index in [4.69, 9.17) is 16.3 Å².